The van der Waals surface area contributed by atoms with E-state index in [0.29, 0.717) is 13.0 Å². The Morgan fingerprint density at radius 3 is 2.76 bits per heavy atom. The van der Waals surface area contributed by atoms with Crippen LogP contribution in [-0.2, 0) is 4.79 Å². The Bertz CT molecular complexity index is 367. The van der Waals surface area contributed by atoms with E-state index in [1.54, 1.807) is 0 Å². The average Bonchev–Trinajstić information content (AvgIpc) is 2.77. The fourth-order valence-corrected chi connectivity index (χ4v) is 2.09. The maximum Gasteiger partial charge on any atom is 0.220 e. The fourth-order valence-electron chi connectivity index (χ4n) is 2.09. The minimum Gasteiger partial charge on any atom is -0.394 e. The lowest BCUT2D eigenvalue weighted by Gasteiger charge is -2.19. The van der Waals surface area contributed by atoms with Crippen molar-refractivity contribution in [2.24, 2.45) is 0 Å². The van der Waals surface area contributed by atoms with Crippen molar-refractivity contribution in [1.29, 1.82) is 0 Å². The van der Waals surface area contributed by atoms with Gasteiger partial charge < -0.3 is 15.7 Å². The summed E-state index contributed by atoms with van der Waals surface area (Å²) in [6.07, 6.45) is 1.49. The first-order valence-corrected chi connectivity index (χ1v) is 5.98. The van der Waals surface area contributed by atoms with Gasteiger partial charge in [0, 0.05) is 19.0 Å². The lowest BCUT2D eigenvalue weighted by molar-refractivity contribution is -0.119. The molecule has 0 aromatic heterocycles. The van der Waals surface area contributed by atoms with Crippen LogP contribution in [-0.4, -0.2) is 30.2 Å². The number of hydrogen-bond donors (Lipinski definition) is 3. The number of aliphatic hydroxyl groups excluding tert-OH is 1. The zero-order valence-electron chi connectivity index (χ0n) is 9.73. The predicted octanol–water partition coefficient (Wildman–Crippen LogP) is 0.588. The number of carbonyl (C=O) groups excluding carboxylic acids is 1. The Hall–Kier alpha value is -1.39. The summed E-state index contributed by atoms with van der Waals surface area (Å²) < 4.78 is 0. The second kappa shape index (κ2) is 5.80. The molecule has 1 heterocycles. The van der Waals surface area contributed by atoms with Gasteiger partial charge in [0.2, 0.25) is 5.91 Å². The first-order chi connectivity index (χ1) is 8.29. The van der Waals surface area contributed by atoms with E-state index in [1.165, 1.54) is 0 Å². The van der Waals surface area contributed by atoms with Crippen LogP contribution in [0.3, 0.4) is 0 Å². The van der Waals surface area contributed by atoms with Crippen LogP contribution < -0.4 is 10.6 Å². The van der Waals surface area contributed by atoms with Crippen LogP contribution in [0.15, 0.2) is 30.3 Å². The third-order valence-electron chi connectivity index (χ3n) is 3.08. The fraction of sp³-hybridized carbons (Fsp3) is 0.462. The molecule has 1 aromatic carbocycles. The van der Waals surface area contributed by atoms with Gasteiger partial charge >= 0.3 is 0 Å². The van der Waals surface area contributed by atoms with Crippen molar-refractivity contribution in [3.63, 3.8) is 0 Å². The van der Waals surface area contributed by atoms with Crippen LogP contribution >= 0.6 is 0 Å². The maximum atomic E-state index is 11.0. The van der Waals surface area contributed by atoms with E-state index in [9.17, 15) is 9.90 Å². The molecule has 1 aliphatic rings. The Morgan fingerprint density at radius 1 is 1.41 bits per heavy atom. The molecule has 0 aliphatic carbocycles. The molecule has 4 heteroatoms. The molecule has 92 valence electrons. The van der Waals surface area contributed by atoms with Gasteiger partial charge in [-0.3, -0.25) is 4.79 Å². The van der Waals surface area contributed by atoms with Crippen molar-refractivity contribution < 1.29 is 9.90 Å². The van der Waals surface area contributed by atoms with Crippen LogP contribution in [0.1, 0.15) is 24.4 Å². The first kappa shape index (κ1) is 12.1. The Morgan fingerprint density at radius 2 is 2.18 bits per heavy atom. The molecule has 2 unspecified atom stereocenters. The summed E-state index contributed by atoms with van der Waals surface area (Å²) in [4.78, 5) is 11.0. The monoisotopic (exact) mass is 234 g/mol. The molecule has 0 saturated carbocycles. The third kappa shape index (κ3) is 3.28. The molecule has 0 bridgehead atoms. The standard InChI is InChI=1S/C13H18N2O2/c16-9-12(10-4-2-1-3-5-10)14-8-11-6-7-13(17)15-11/h1-5,11-12,14,16H,6-9H2,(H,15,17). The third-order valence-corrected chi connectivity index (χ3v) is 3.08. The SMILES string of the molecule is O=C1CCC(CNC(CO)c2ccccc2)N1. The minimum absolute atomic E-state index is 0.0602. The van der Waals surface area contributed by atoms with E-state index in [1.807, 2.05) is 30.3 Å². The van der Waals surface area contributed by atoms with Gasteiger partial charge in [0.05, 0.1) is 12.6 Å². The van der Waals surface area contributed by atoms with Crippen LogP contribution in [0.2, 0.25) is 0 Å². The lowest BCUT2D eigenvalue weighted by Crippen LogP contribution is -2.38. The van der Waals surface area contributed by atoms with Gasteiger partial charge in [-0.15, -0.1) is 0 Å². The normalized spacial score (nSPS) is 21.2. The van der Waals surface area contributed by atoms with Crippen molar-refractivity contribution in [3.05, 3.63) is 35.9 Å². The summed E-state index contributed by atoms with van der Waals surface area (Å²) in [6.45, 7) is 0.760. The summed E-state index contributed by atoms with van der Waals surface area (Å²) in [7, 11) is 0. The maximum absolute atomic E-state index is 11.0. The highest BCUT2D eigenvalue weighted by molar-refractivity contribution is 5.78. The summed E-state index contributed by atoms with van der Waals surface area (Å²) in [5.74, 6) is 0.122. The summed E-state index contributed by atoms with van der Waals surface area (Å²) in [5, 5.41) is 15.5. The molecule has 1 fully saturated rings. The molecule has 17 heavy (non-hydrogen) atoms. The molecule has 2 atom stereocenters. The van der Waals surface area contributed by atoms with Gasteiger partial charge in [-0.1, -0.05) is 30.3 Å². The van der Waals surface area contributed by atoms with Crippen LogP contribution in [0.25, 0.3) is 0 Å². The molecule has 4 nitrogen and oxygen atoms in total. The van der Waals surface area contributed by atoms with E-state index < -0.39 is 0 Å². The zero-order chi connectivity index (χ0) is 12.1. The Balaban J connectivity index is 1.86. The number of aliphatic hydroxyl groups is 1. The van der Waals surface area contributed by atoms with Crippen molar-refractivity contribution in [1.82, 2.24) is 10.6 Å². The second-order valence-corrected chi connectivity index (χ2v) is 4.36. The molecule has 1 aliphatic heterocycles. The van der Waals surface area contributed by atoms with Crippen molar-refractivity contribution in [2.75, 3.05) is 13.2 Å². The molecular formula is C13H18N2O2. The molecule has 0 radical (unpaired) electrons. The summed E-state index contributed by atoms with van der Waals surface area (Å²) in [5.41, 5.74) is 1.07. The number of carbonyl (C=O) groups is 1. The average molecular weight is 234 g/mol. The smallest absolute Gasteiger partial charge is 0.220 e. The van der Waals surface area contributed by atoms with Crippen molar-refractivity contribution in [3.8, 4) is 0 Å². The van der Waals surface area contributed by atoms with Crippen LogP contribution in [0.5, 0.6) is 0 Å². The lowest BCUT2D eigenvalue weighted by atomic mass is 10.1. The molecule has 1 saturated heterocycles. The second-order valence-electron chi connectivity index (χ2n) is 4.36. The number of benzene rings is 1. The van der Waals surface area contributed by atoms with E-state index in [-0.39, 0.29) is 24.6 Å². The molecule has 1 aromatic rings. The topological polar surface area (TPSA) is 61.4 Å². The largest absolute Gasteiger partial charge is 0.394 e. The van der Waals surface area contributed by atoms with Gasteiger partial charge in [-0.2, -0.15) is 0 Å². The minimum atomic E-state index is -0.0614. The quantitative estimate of drug-likeness (QED) is 0.698. The van der Waals surface area contributed by atoms with Crippen molar-refractivity contribution >= 4 is 5.91 Å². The van der Waals surface area contributed by atoms with E-state index >= 15 is 0 Å². The molecule has 3 N–H and O–H groups in total. The number of rotatable bonds is 5. The van der Waals surface area contributed by atoms with Crippen LogP contribution in [0, 0.1) is 0 Å². The molecular weight excluding hydrogens is 216 g/mol. The highest BCUT2D eigenvalue weighted by atomic mass is 16.3. The first-order valence-electron chi connectivity index (χ1n) is 5.98. The molecule has 0 spiro atoms. The van der Waals surface area contributed by atoms with Crippen molar-refractivity contribution in [2.45, 2.75) is 24.9 Å². The van der Waals surface area contributed by atoms with E-state index in [4.69, 9.17) is 0 Å². The van der Waals surface area contributed by atoms with Gasteiger partial charge in [-0.25, -0.2) is 0 Å². The van der Waals surface area contributed by atoms with E-state index in [0.717, 1.165) is 12.0 Å². The van der Waals surface area contributed by atoms with Gasteiger partial charge in [-0.05, 0) is 12.0 Å². The highest BCUT2D eigenvalue weighted by Crippen LogP contribution is 2.12. The van der Waals surface area contributed by atoms with Gasteiger partial charge in [0.25, 0.3) is 0 Å². The number of amides is 1. The van der Waals surface area contributed by atoms with Gasteiger partial charge in [0.1, 0.15) is 0 Å². The van der Waals surface area contributed by atoms with Crippen LogP contribution in [0.4, 0.5) is 0 Å². The number of nitrogens with one attached hydrogen (secondary N) is 2. The summed E-state index contributed by atoms with van der Waals surface area (Å²) in [6, 6.07) is 9.97. The molecule has 1 amide bonds. The molecule has 2 rings (SSSR count). The predicted molar refractivity (Wildman–Crippen MR) is 65.4 cm³/mol. The highest BCUT2D eigenvalue weighted by Gasteiger charge is 2.21. The Kier molecular flexibility index (Phi) is 4.12. The summed E-state index contributed by atoms with van der Waals surface area (Å²) >= 11 is 0. The Labute approximate surface area is 101 Å². The van der Waals surface area contributed by atoms with Gasteiger partial charge in [0.15, 0.2) is 0 Å². The number of hydrogen-bond acceptors (Lipinski definition) is 3. The zero-order valence-corrected chi connectivity index (χ0v) is 9.73. The van der Waals surface area contributed by atoms with E-state index in [2.05, 4.69) is 10.6 Å².